The molecule has 1 aromatic carbocycles. The summed E-state index contributed by atoms with van der Waals surface area (Å²) < 4.78 is 0. The lowest BCUT2D eigenvalue weighted by Crippen LogP contribution is -2.43. The number of urea groups is 1. The van der Waals surface area contributed by atoms with Crippen LogP contribution in [0.1, 0.15) is 38.8 Å². The van der Waals surface area contributed by atoms with E-state index in [0.29, 0.717) is 25.6 Å². The number of carbonyl (C=O) groups is 2. The third kappa shape index (κ3) is 7.29. The highest BCUT2D eigenvalue weighted by atomic mass is 127. The van der Waals surface area contributed by atoms with Crippen molar-refractivity contribution in [1.82, 2.24) is 20.9 Å². The molecular formula is C20H32IN5O2. The maximum absolute atomic E-state index is 11.6. The highest BCUT2D eigenvalue weighted by Gasteiger charge is 2.27. The van der Waals surface area contributed by atoms with Gasteiger partial charge in [-0.1, -0.05) is 45.0 Å². The molecule has 7 nitrogen and oxygen atoms in total. The predicted octanol–water partition coefficient (Wildman–Crippen LogP) is 2.25. The second kappa shape index (κ2) is 11.2. The van der Waals surface area contributed by atoms with Gasteiger partial charge in [0.05, 0.1) is 6.54 Å². The average Bonchev–Trinajstić information content (AvgIpc) is 2.93. The van der Waals surface area contributed by atoms with Crippen LogP contribution in [0.3, 0.4) is 0 Å². The monoisotopic (exact) mass is 501 g/mol. The fourth-order valence-electron chi connectivity index (χ4n) is 2.78. The van der Waals surface area contributed by atoms with Gasteiger partial charge in [0.1, 0.15) is 0 Å². The molecule has 0 saturated carbocycles. The summed E-state index contributed by atoms with van der Waals surface area (Å²) >= 11 is 0. The topological polar surface area (TPSA) is 85.8 Å². The molecule has 0 spiro atoms. The third-order valence-corrected chi connectivity index (χ3v) is 4.40. The number of rotatable bonds is 7. The van der Waals surface area contributed by atoms with Crippen LogP contribution in [0.4, 0.5) is 4.79 Å². The first kappa shape index (κ1) is 24.2. The number of benzene rings is 1. The summed E-state index contributed by atoms with van der Waals surface area (Å²) in [6.45, 7) is 10.9. The Morgan fingerprint density at radius 2 is 1.86 bits per heavy atom. The normalized spacial score (nSPS) is 14.6. The lowest BCUT2D eigenvalue weighted by Gasteiger charge is -2.19. The summed E-state index contributed by atoms with van der Waals surface area (Å²) in [6, 6.07) is 8.35. The summed E-state index contributed by atoms with van der Waals surface area (Å²) in [4.78, 5) is 28.9. The summed E-state index contributed by atoms with van der Waals surface area (Å²) in [5, 5.41) is 8.86. The molecule has 3 amide bonds. The molecule has 1 aliphatic rings. The molecule has 1 aliphatic heterocycles. The number of hydrogen-bond donors (Lipinski definition) is 3. The van der Waals surface area contributed by atoms with Crippen molar-refractivity contribution < 1.29 is 9.59 Å². The molecule has 156 valence electrons. The Hall–Kier alpha value is -1.84. The molecular weight excluding hydrogens is 469 g/mol. The predicted molar refractivity (Wildman–Crippen MR) is 123 cm³/mol. The van der Waals surface area contributed by atoms with E-state index in [0.717, 1.165) is 13.0 Å². The van der Waals surface area contributed by atoms with Crippen LogP contribution in [0.5, 0.6) is 0 Å². The minimum absolute atomic E-state index is 0. The van der Waals surface area contributed by atoms with Gasteiger partial charge in [0.25, 0.3) is 0 Å². The van der Waals surface area contributed by atoms with Gasteiger partial charge in [0, 0.05) is 26.2 Å². The van der Waals surface area contributed by atoms with Crippen molar-refractivity contribution in [2.75, 3.05) is 32.7 Å². The van der Waals surface area contributed by atoms with E-state index >= 15 is 0 Å². The van der Waals surface area contributed by atoms with Crippen LogP contribution in [0, 0.1) is 0 Å². The van der Waals surface area contributed by atoms with E-state index in [-0.39, 0.29) is 47.9 Å². The molecule has 0 unspecified atom stereocenters. The lowest BCUT2D eigenvalue weighted by molar-refractivity contribution is -0.124. The molecule has 0 atom stereocenters. The molecule has 8 heteroatoms. The molecule has 1 fully saturated rings. The summed E-state index contributed by atoms with van der Waals surface area (Å²) in [7, 11) is 0. The molecule has 0 aromatic heterocycles. The van der Waals surface area contributed by atoms with Crippen LogP contribution in [0.25, 0.3) is 0 Å². The number of halogens is 1. The Kier molecular flexibility index (Phi) is 9.71. The van der Waals surface area contributed by atoms with Gasteiger partial charge >= 0.3 is 6.03 Å². The summed E-state index contributed by atoms with van der Waals surface area (Å²) in [6.07, 6.45) is 0.855. The Morgan fingerprint density at radius 3 is 2.39 bits per heavy atom. The van der Waals surface area contributed by atoms with Crippen molar-refractivity contribution >= 4 is 41.9 Å². The Morgan fingerprint density at radius 1 is 1.18 bits per heavy atom. The third-order valence-electron chi connectivity index (χ3n) is 4.40. The lowest BCUT2D eigenvalue weighted by atomic mass is 9.86. The Balaban J connectivity index is 0.00000392. The van der Waals surface area contributed by atoms with Gasteiger partial charge in [-0.15, -0.1) is 24.0 Å². The van der Waals surface area contributed by atoms with Gasteiger partial charge in [-0.25, -0.2) is 4.79 Å². The van der Waals surface area contributed by atoms with Crippen molar-refractivity contribution in [1.29, 1.82) is 0 Å². The minimum Gasteiger partial charge on any atom is -0.357 e. The summed E-state index contributed by atoms with van der Waals surface area (Å²) in [5.74, 6) is 0.498. The molecule has 0 radical (unpaired) electrons. The molecule has 0 bridgehead atoms. The molecule has 3 N–H and O–H groups in total. The standard InChI is InChI=1S/C20H31N5O2.HI/c1-5-21-18(23-12-13-25-17(26)14-24-19(25)27)22-11-10-15-6-8-16(9-7-15)20(2,3)4;/h6-9H,5,10-14H2,1-4H3,(H,24,27)(H2,21,22,23);1H. The number of hydrogen-bond acceptors (Lipinski definition) is 3. The average molecular weight is 501 g/mol. The quantitative estimate of drug-likeness (QED) is 0.232. The zero-order valence-corrected chi connectivity index (χ0v) is 19.5. The van der Waals surface area contributed by atoms with E-state index in [9.17, 15) is 9.59 Å². The largest absolute Gasteiger partial charge is 0.357 e. The minimum atomic E-state index is -0.331. The fraction of sp³-hybridized carbons (Fsp3) is 0.550. The second-order valence-electron chi connectivity index (χ2n) is 7.59. The van der Waals surface area contributed by atoms with Crippen LogP contribution < -0.4 is 16.0 Å². The van der Waals surface area contributed by atoms with Gasteiger partial charge in [-0.2, -0.15) is 0 Å². The molecule has 1 saturated heterocycles. The van der Waals surface area contributed by atoms with E-state index in [2.05, 4.69) is 66.0 Å². The van der Waals surface area contributed by atoms with Crippen molar-refractivity contribution in [3.8, 4) is 0 Å². The molecule has 2 rings (SSSR count). The van der Waals surface area contributed by atoms with Gasteiger partial charge in [0.2, 0.25) is 5.91 Å². The highest BCUT2D eigenvalue weighted by Crippen LogP contribution is 2.22. The van der Waals surface area contributed by atoms with E-state index in [1.54, 1.807) is 0 Å². The number of aliphatic imine (C=N–C) groups is 1. The van der Waals surface area contributed by atoms with Crippen molar-refractivity contribution in [2.24, 2.45) is 4.99 Å². The first-order chi connectivity index (χ1) is 12.8. The molecule has 0 aliphatic carbocycles. The van der Waals surface area contributed by atoms with Gasteiger partial charge < -0.3 is 16.0 Å². The van der Waals surface area contributed by atoms with E-state index in [1.807, 2.05) is 6.92 Å². The number of imide groups is 1. The number of carbonyl (C=O) groups excluding carboxylic acids is 2. The van der Waals surface area contributed by atoms with Gasteiger partial charge in [0.15, 0.2) is 5.96 Å². The smallest absolute Gasteiger partial charge is 0.324 e. The second-order valence-corrected chi connectivity index (χ2v) is 7.59. The number of guanidine groups is 1. The SMILES string of the molecule is CCNC(=NCCc1ccc(C(C)(C)C)cc1)NCCN1C(=O)CNC1=O.I. The fourth-order valence-corrected chi connectivity index (χ4v) is 2.78. The zero-order valence-electron chi connectivity index (χ0n) is 17.2. The Bertz CT molecular complexity index is 667. The van der Waals surface area contributed by atoms with Crippen LogP contribution in [-0.2, 0) is 16.6 Å². The van der Waals surface area contributed by atoms with Crippen LogP contribution in [0.15, 0.2) is 29.3 Å². The zero-order chi connectivity index (χ0) is 19.9. The van der Waals surface area contributed by atoms with Crippen molar-refractivity contribution in [3.63, 3.8) is 0 Å². The molecule has 1 aromatic rings. The van der Waals surface area contributed by atoms with E-state index < -0.39 is 0 Å². The summed E-state index contributed by atoms with van der Waals surface area (Å²) in [5.41, 5.74) is 2.74. The van der Waals surface area contributed by atoms with E-state index in [1.165, 1.54) is 16.0 Å². The molecule has 1 heterocycles. The number of nitrogens with zero attached hydrogens (tertiary/aromatic N) is 2. The van der Waals surface area contributed by atoms with E-state index in [4.69, 9.17) is 0 Å². The first-order valence-electron chi connectivity index (χ1n) is 9.51. The van der Waals surface area contributed by atoms with Crippen LogP contribution >= 0.6 is 24.0 Å². The maximum atomic E-state index is 11.6. The van der Waals surface area contributed by atoms with Crippen molar-refractivity contribution in [2.45, 2.75) is 39.5 Å². The van der Waals surface area contributed by atoms with Crippen molar-refractivity contribution in [3.05, 3.63) is 35.4 Å². The number of amides is 3. The molecule has 28 heavy (non-hydrogen) atoms. The van der Waals surface area contributed by atoms with Gasteiger partial charge in [-0.05, 0) is 29.9 Å². The number of nitrogens with one attached hydrogen (secondary N) is 3. The Labute approximate surface area is 184 Å². The van der Waals surface area contributed by atoms with Crippen LogP contribution in [-0.4, -0.2) is 55.5 Å². The maximum Gasteiger partial charge on any atom is 0.324 e. The first-order valence-corrected chi connectivity index (χ1v) is 9.51. The van der Waals surface area contributed by atoms with Gasteiger partial charge in [-0.3, -0.25) is 14.7 Å². The van der Waals surface area contributed by atoms with Crippen LogP contribution in [0.2, 0.25) is 0 Å². The highest BCUT2D eigenvalue weighted by molar-refractivity contribution is 14.0.